The molecule has 4 nitrogen and oxygen atoms in total. The second-order valence-corrected chi connectivity index (χ2v) is 5.18. The number of halogens is 1. The Hall–Kier alpha value is -1.69. The maximum Gasteiger partial charge on any atom is 0.254 e. The van der Waals surface area contributed by atoms with Crippen LogP contribution in [-0.2, 0) is 4.74 Å². The minimum absolute atomic E-state index is 0.244. The van der Waals surface area contributed by atoms with Gasteiger partial charge in [-0.3, -0.25) is 4.79 Å². The molecule has 1 aromatic carbocycles. The SMILES string of the molecule is COC(CNC(=O)c1ccc[nH]c1=S)c1ccccc1Cl. The number of nitrogens with one attached hydrogen (secondary N) is 2. The van der Waals surface area contributed by atoms with Gasteiger partial charge in [0.2, 0.25) is 0 Å². The standard InChI is InChI=1S/C15H15ClN2O2S/c1-20-13(10-5-2-3-7-12(10)16)9-18-14(19)11-6-4-8-17-15(11)21/h2-8,13H,9H2,1H3,(H,17,21)(H,18,19). The molecule has 1 heterocycles. The van der Waals surface area contributed by atoms with Gasteiger partial charge in [-0.1, -0.05) is 42.0 Å². The van der Waals surface area contributed by atoms with Gasteiger partial charge < -0.3 is 15.0 Å². The highest BCUT2D eigenvalue weighted by Gasteiger charge is 2.16. The zero-order chi connectivity index (χ0) is 15.2. The number of methoxy groups -OCH3 is 1. The van der Waals surface area contributed by atoms with Crippen LogP contribution in [0.1, 0.15) is 22.0 Å². The molecule has 1 atom stereocenters. The van der Waals surface area contributed by atoms with E-state index < -0.39 is 0 Å². The van der Waals surface area contributed by atoms with Gasteiger partial charge in [0.1, 0.15) is 10.7 Å². The lowest BCUT2D eigenvalue weighted by molar-refractivity contribution is 0.0827. The second kappa shape index (κ2) is 7.36. The van der Waals surface area contributed by atoms with Crippen molar-refractivity contribution in [3.8, 4) is 0 Å². The number of carbonyl (C=O) groups is 1. The molecule has 0 aliphatic heterocycles. The summed E-state index contributed by atoms with van der Waals surface area (Å²) in [6.45, 7) is 0.308. The first-order valence-corrected chi connectivity index (χ1v) is 7.15. The van der Waals surface area contributed by atoms with E-state index in [1.54, 1.807) is 31.5 Å². The molecule has 21 heavy (non-hydrogen) atoms. The van der Waals surface area contributed by atoms with Crippen LogP contribution >= 0.6 is 23.8 Å². The Balaban J connectivity index is 2.08. The van der Waals surface area contributed by atoms with Crippen LogP contribution in [0.3, 0.4) is 0 Å². The number of aromatic amines is 1. The third-order valence-corrected chi connectivity index (χ3v) is 3.73. The first-order chi connectivity index (χ1) is 10.1. The maximum absolute atomic E-state index is 12.1. The monoisotopic (exact) mass is 322 g/mol. The van der Waals surface area contributed by atoms with Gasteiger partial charge in [-0.15, -0.1) is 0 Å². The van der Waals surface area contributed by atoms with E-state index in [9.17, 15) is 4.79 Å². The number of H-pyrrole nitrogens is 1. The Kier molecular flexibility index (Phi) is 5.50. The lowest BCUT2D eigenvalue weighted by atomic mass is 10.1. The molecule has 0 spiro atoms. The van der Waals surface area contributed by atoms with Crippen LogP contribution in [-0.4, -0.2) is 24.5 Å². The van der Waals surface area contributed by atoms with Gasteiger partial charge in [0.15, 0.2) is 0 Å². The van der Waals surface area contributed by atoms with Gasteiger partial charge in [0.05, 0.1) is 5.56 Å². The summed E-state index contributed by atoms with van der Waals surface area (Å²) >= 11 is 11.2. The van der Waals surface area contributed by atoms with E-state index in [-0.39, 0.29) is 12.0 Å². The van der Waals surface area contributed by atoms with Crippen LogP contribution in [0.4, 0.5) is 0 Å². The molecule has 1 amide bonds. The number of benzene rings is 1. The summed E-state index contributed by atoms with van der Waals surface area (Å²) in [6, 6.07) is 10.8. The molecule has 0 saturated heterocycles. The largest absolute Gasteiger partial charge is 0.375 e. The smallest absolute Gasteiger partial charge is 0.254 e. The predicted molar refractivity (Wildman–Crippen MR) is 85.2 cm³/mol. The highest BCUT2D eigenvalue weighted by atomic mass is 35.5. The number of carbonyl (C=O) groups excluding carboxylic acids is 1. The van der Waals surface area contributed by atoms with Crippen LogP contribution in [0.5, 0.6) is 0 Å². The summed E-state index contributed by atoms with van der Waals surface area (Å²) in [5.74, 6) is -0.244. The van der Waals surface area contributed by atoms with Crippen molar-refractivity contribution in [1.29, 1.82) is 0 Å². The number of aromatic nitrogens is 1. The quantitative estimate of drug-likeness (QED) is 0.828. The number of rotatable bonds is 5. The zero-order valence-corrected chi connectivity index (χ0v) is 13.0. The van der Waals surface area contributed by atoms with E-state index in [0.717, 1.165) is 5.56 Å². The molecule has 0 bridgehead atoms. The fourth-order valence-corrected chi connectivity index (χ4v) is 2.42. The third-order valence-electron chi connectivity index (χ3n) is 3.05. The van der Waals surface area contributed by atoms with Crippen molar-refractivity contribution in [3.05, 3.63) is 63.4 Å². The average Bonchev–Trinajstić information content (AvgIpc) is 2.49. The third kappa shape index (κ3) is 3.91. The second-order valence-electron chi connectivity index (χ2n) is 4.37. The van der Waals surface area contributed by atoms with E-state index in [1.807, 2.05) is 18.2 Å². The summed E-state index contributed by atoms with van der Waals surface area (Å²) in [5, 5.41) is 3.41. The summed E-state index contributed by atoms with van der Waals surface area (Å²) in [6.07, 6.45) is 1.37. The molecule has 110 valence electrons. The Morgan fingerprint density at radius 3 is 2.81 bits per heavy atom. The number of hydrogen-bond donors (Lipinski definition) is 2. The van der Waals surface area contributed by atoms with Crippen molar-refractivity contribution in [2.24, 2.45) is 0 Å². The topological polar surface area (TPSA) is 54.1 Å². The molecule has 0 saturated carbocycles. The summed E-state index contributed by atoms with van der Waals surface area (Å²) in [7, 11) is 1.58. The molecule has 1 aromatic heterocycles. The first kappa shape index (κ1) is 15.7. The van der Waals surface area contributed by atoms with E-state index >= 15 is 0 Å². The van der Waals surface area contributed by atoms with E-state index in [2.05, 4.69) is 10.3 Å². The molecular weight excluding hydrogens is 308 g/mol. The van der Waals surface area contributed by atoms with Gasteiger partial charge >= 0.3 is 0 Å². The van der Waals surface area contributed by atoms with Gasteiger partial charge in [-0.25, -0.2) is 0 Å². The number of pyridine rings is 1. The fraction of sp³-hybridized carbons (Fsp3) is 0.200. The Morgan fingerprint density at radius 1 is 1.38 bits per heavy atom. The van der Waals surface area contributed by atoms with Crippen molar-refractivity contribution in [3.63, 3.8) is 0 Å². The van der Waals surface area contributed by atoms with Crippen LogP contribution in [0.25, 0.3) is 0 Å². The normalized spacial score (nSPS) is 11.9. The van der Waals surface area contributed by atoms with E-state index in [4.69, 9.17) is 28.6 Å². The van der Waals surface area contributed by atoms with Crippen molar-refractivity contribution in [2.45, 2.75) is 6.10 Å². The number of ether oxygens (including phenoxy) is 1. The van der Waals surface area contributed by atoms with Gasteiger partial charge in [0.25, 0.3) is 5.91 Å². The van der Waals surface area contributed by atoms with Crippen LogP contribution in [0, 0.1) is 4.64 Å². The van der Waals surface area contributed by atoms with E-state index in [0.29, 0.717) is 21.8 Å². The highest BCUT2D eigenvalue weighted by Crippen LogP contribution is 2.24. The lowest BCUT2D eigenvalue weighted by Gasteiger charge is -2.17. The Morgan fingerprint density at radius 2 is 2.14 bits per heavy atom. The molecule has 1 unspecified atom stereocenters. The van der Waals surface area contributed by atoms with Crippen LogP contribution in [0.15, 0.2) is 42.6 Å². The summed E-state index contributed by atoms with van der Waals surface area (Å²) in [4.78, 5) is 14.9. The molecule has 0 fully saturated rings. The molecule has 0 aliphatic rings. The molecule has 2 rings (SSSR count). The number of amides is 1. The molecule has 0 aliphatic carbocycles. The predicted octanol–water partition coefficient (Wildman–Crippen LogP) is 3.52. The lowest BCUT2D eigenvalue weighted by Crippen LogP contribution is -2.29. The van der Waals surface area contributed by atoms with Crippen LogP contribution < -0.4 is 5.32 Å². The first-order valence-electron chi connectivity index (χ1n) is 6.36. The number of hydrogen-bond acceptors (Lipinski definition) is 3. The average molecular weight is 323 g/mol. The summed E-state index contributed by atoms with van der Waals surface area (Å²) in [5.41, 5.74) is 1.27. The zero-order valence-electron chi connectivity index (χ0n) is 11.4. The minimum Gasteiger partial charge on any atom is -0.375 e. The molecule has 6 heteroatoms. The van der Waals surface area contributed by atoms with E-state index in [1.165, 1.54) is 0 Å². The minimum atomic E-state index is -0.316. The molecule has 0 radical (unpaired) electrons. The molecule has 2 N–H and O–H groups in total. The summed E-state index contributed by atoms with van der Waals surface area (Å²) < 4.78 is 5.81. The molecular formula is C15H15ClN2O2S. The maximum atomic E-state index is 12.1. The Bertz CT molecular complexity index is 687. The van der Waals surface area contributed by atoms with Crippen molar-refractivity contribution in [1.82, 2.24) is 10.3 Å². The van der Waals surface area contributed by atoms with Gasteiger partial charge in [-0.2, -0.15) is 0 Å². The highest BCUT2D eigenvalue weighted by molar-refractivity contribution is 7.71. The van der Waals surface area contributed by atoms with Crippen molar-refractivity contribution < 1.29 is 9.53 Å². The van der Waals surface area contributed by atoms with Gasteiger partial charge in [-0.05, 0) is 18.2 Å². The van der Waals surface area contributed by atoms with Crippen molar-refractivity contribution in [2.75, 3.05) is 13.7 Å². The van der Waals surface area contributed by atoms with Crippen molar-refractivity contribution >= 4 is 29.7 Å². The fourth-order valence-electron chi connectivity index (χ4n) is 1.94. The van der Waals surface area contributed by atoms with Gasteiger partial charge in [0, 0.05) is 30.4 Å². The van der Waals surface area contributed by atoms with Crippen LogP contribution in [0.2, 0.25) is 5.02 Å². The molecule has 2 aromatic rings. The Labute approximate surface area is 133 Å².